The Balaban J connectivity index is 1.15. The molecule has 47 heavy (non-hydrogen) atoms. The highest BCUT2D eigenvalue weighted by atomic mass is 16.7. The zero-order valence-electron chi connectivity index (χ0n) is 27.6. The van der Waals surface area contributed by atoms with E-state index in [0.717, 1.165) is 30.4 Å². The van der Waals surface area contributed by atoms with Crippen LogP contribution >= 0.6 is 0 Å². The topological polar surface area (TPSA) is 158 Å². The number of nitrogens with zero attached hydrogens (tertiary/aromatic N) is 1. The highest BCUT2D eigenvalue weighted by molar-refractivity contribution is 5.85. The third-order valence-electron chi connectivity index (χ3n) is 13.4. The second-order valence-electron chi connectivity index (χ2n) is 15.6. The minimum Gasteiger partial charge on any atom is -0.508 e. The smallest absolute Gasteiger partial charge is 0.331 e. The first kappa shape index (κ1) is 33.2. The largest absolute Gasteiger partial charge is 0.508 e. The van der Waals surface area contributed by atoms with Crippen LogP contribution in [0, 0.1) is 28.6 Å². The summed E-state index contributed by atoms with van der Waals surface area (Å²) in [4.78, 5) is 17.0. The van der Waals surface area contributed by atoms with Crippen molar-refractivity contribution >= 4 is 12.2 Å². The molecule has 2 aliphatic heterocycles. The molecule has 0 radical (unpaired) electrons. The maximum atomic E-state index is 12.7. The SMILES string of the molecule is C[C@@H]1O[C@H](O[C@H]2CC[C@]3(C=NCCc4ccc(O)cc4)[C@H]4CC[C@]5(C)[C@@H](C6=CC(=O)OC6)CC[C@]5(O)[C@@H]4CC[C@]3(O)C2)C[C@H](O)[C@@H]1O. The molecule has 1 aromatic rings. The van der Waals surface area contributed by atoms with Gasteiger partial charge in [0.05, 0.1) is 29.5 Å². The van der Waals surface area contributed by atoms with Crippen LogP contribution in [0.3, 0.4) is 0 Å². The average molecular weight is 654 g/mol. The van der Waals surface area contributed by atoms with Crippen molar-refractivity contribution in [2.45, 2.75) is 126 Å². The van der Waals surface area contributed by atoms with Crippen molar-refractivity contribution in [3.8, 4) is 5.75 Å². The standard InChI is InChI=1S/C37H51NO9/c1-22-33(42)30(40)18-32(46-22)47-26-7-13-35(21-38-16-11-23-3-5-25(39)6-4-23)28-8-12-34(2)27(24-17-31(41)45-20-24)10-15-37(34,44)29(28)9-14-36(35,43)19-26/h3-6,17,21-22,26-30,32-33,39-40,42-44H,7-16,18-20H2,1-2H3/t22-,26-,27+,28-,29+,30-,32+,33+,34+,35-,36-,37-/m0/s1. The summed E-state index contributed by atoms with van der Waals surface area (Å²) in [7, 11) is 0. The Hall–Kier alpha value is -2.34. The normalized spacial score (nSPS) is 46.4. The molecule has 7 rings (SSSR count). The van der Waals surface area contributed by atoms with Gasteiger partial charge in [-0.3, -0.25) is 4.99 Å². The number of phenols is 1. The molecule has 0 unspecified atom stereocenters. The molecule has 1 saturated heterocycles. The van der Waals surface area contributed by atoms with Crippen molar-refractivity contribution in [1.29, 1.82) is 0 Å². The van der Waals surface area contributed by atoms with E-state index >= 15 is 0 Å². The number of hydrogen-bond donors (Lipinski definition) is 5. The Labute approximate surface area is 276 Å². The van der Waals surface area contributed by atoms with E-state index in [9.17, 15) is 30.3 Å². The third-order valence-corrected chi connectivity index (χ3v) is 13.4. The molecule has 6 aliphatic rings. The van der Waals surface area contributed by atoms with Gasteiger partial charge in [-0.05, 0) is 106 Å². The number of aliphatic hydroxyl groups excluding tert-OH is 2. The van der Waals surface area contributed by atoms with Crippen LogP contribution in [0.4, 0.5) is 0 Å². The summed E-state index contributed by atoms with van der Waals surface area (Å²) in [5.41, 5.74) is -1.00. The van der Waals surface area contributed by atoms with E-state index in [1.807, 2.05) is 18.3 Å². The van der Waals surface area contributed by atoms with E-state index in [-0.39, 0.29) is 47.4 Å². The molecule has 4 aliphatic carbocycles. The summed E-state index contributed by atoms with van der Waals surface area (Å²) in [5, 5.41) is 55.7. The van der Waals surface area contributed by atoms with E-state index < -0.39 is 41.2 Å². The molecule has 0 aromatic heterocycles. The quantitative estimate of drug-likeness (QED) is 0.168. The van der Waals surface area contributed by atoms with Crippen molar-refractivity contribution in [2.24, 2.45) is 33.6 Å². The van der Waals surface area contributed by atoms with Crippen LogP contribution in [0.5, 0.6) is 5.75 Å². The van der Waals surface area contributed by atoms with Gasteiger partial charge in [0.1, 0.15) is 18.5 Å². The number of fused-ring (bicyclic) bond motifs is 5. The molecule has 5 fully saturated rings. The minimum absolute atomic E-state index is 0.0228. The highest BCUT2D eigenvalue weighted by Gasteiger charge is 2.71. The van der Waals surface area contributed by atoms with Crippen molar-refractivity contribution in [2.75, 3.05) is 13.2 Å². The number of phenolic OH excluding ortho intramolecular Hbond substituents is 1. The number of ether oxygens (including phenoxy) is 3. The van der Waals surface area contributed by atoms with Crippen molar-refractivity contribution in [3.63, 3.8) is 0 Å². The number of esters is 1. The highest BCUT2D eigenvalue weighted by Crippen LogP contribution is 2.70. The van der Waals surface area contributed by atoms with Crippen molar-refractivity contribution in [3.05, 3.63) is 41.5 Å². The summed E-state index contributed by atoms with van der Waals surface area (Å²) in [6.45, 7) is 4.77. The first-order valence-corrected chi connectivity index (χ1v) is 17.7. The molecule has 1 aromatic carbocycles. The van der Waals surface area contributed by atoms with Gasteiger partial charge in [0, 0.05) is 42.5 Å². The van der Waals surface area contributed by atoms with E-state index in [1.54, 1.807) is 25.1 Å². The van der Waals surface area contributed by atoms with Crippen LogP contribution in [0.25, 0.3) is 0 Å². The van der Waals surface area contributed by atoms with Gasteiger partial charge in [-0.15, -0.1) is 0 Å². The van der Waals surface area contributed by atoms with E-state index in [4.69, 9.17) is 19.2 Å². The van der Waals surface area contributed by atoms with Gasteiger partial charge >= 0.3 is 5.97 Å². The number of rotatable bonds is 7. The van der Waals surface area contributed by atoms with Crippen LogP contribution in [0.2, 0.25) is 0 Å². The van der Waals surface area contributed by atoms with Crippen LogP contribution in [-0.4, -0.2) is 92.8 Å². The Morgan fingerprint density at radius 3 is 2.51 bits per heavy atom. The fourth-order valence-electron chi connectivity index (χ4n) is 10.9. The number of carbonyl (C=O) groups is 1. The van der Waals surface area contributed by atoms with Gasteiger partial charge in [-0.1, -0.05) is 19.1 Å². The average Bonchev–Trinajstić information content (AvgIpc) is 3.58. The Morgan fingerprint density at radius 1 is 1.02 bits per heavy atom. The van der Waals surface area contributed by atoms with Gasteiger partial charge in [0.2, 0.25) is 0 Å². The zero-order valence-corrected chi connectivity index (χ0v) is 27.6. The Bertz CT molecular complexity index is 1390. The van der Waals surface area contributed by atoms with Gasteiger partial charge in [0.25, 0.3) is 0 Å². The first-order chi connectivity index (χ1) is 22.4. The molecule has 0 bridgehead atoms. The molecule has 10 nitrogen and oxygen atoms in total. The molecule has 12 atom stereocenters. The first-order valence-electron chi connectivity index (χ1n) is 17.7. The number of cyclic esters (lactones) is 1. The molecular weight excluding hydrogens is 602 g/mol. The molecule has 10 heteroatoms. The summed E-state index contributed by atoms with van der Waals surface area (Å²) in [6, 6.07) is 7.15. The lowest BCUT2D eigenvalue weighted by Gasteiger charge is -2.66. The number of aliphatic imine (C=N–C) groups is 1. The lowest BCUT2D eigenvalue weighted by atomic mass is 9.41. The Kier molecular flexibility index (Phi) is 8.62. The number of aromatic hydroxyl groups is 1. The van der Waals surface area contributed by atoms with Crippen molar-refractivity contribution < 1.29 is 44.5 Å². The fourth-order valence-corrected chi connectivity index (χ4v) is 10.9. The lowest BCUT2D eigenvalue weighted by Crippen LogP contribution is -2.69. The number of benzene rings is 1. The predicted octanol–water partition coefficient (Wildman–Crippen LogP) is 3.60. The molecule has 258 valence electrons. The second kappa shape index (κ2) is 12.2. The van der Waals surface area contributed by atoms with Crippen LogP contribution in [-0.2, 0) is 25.4 Å². The third kappa shape index (κ3) is 5.47. The number of carbonyl (C=O) groups excluding carboxylic acids is 1. The summed E-state index contributed by atoms with van der Waals surface area (Å²) in [6.07, 6.45) is 7.18. The van der Waals surface area contributed by atoms with Crippen LogP contribution in [0.1, 0.15) is 83.6 Å². The molecule has 0 spiro atoms. The van der Waals surface area contributed by atoms with Gasteiger partial charge in [-0.2, -0.15) is 0 Å². The molecule has 4 saturated carbocycles. The van der Waals surface area contributed by atoms with Gasteiger partial charge in [-0.25, -0.2) is 4.79 Å². The lowest BCUT2D eigenvalue weighted by molar-refractivity contribution is -0.282. The maximum absolute atomic E-state index is 12.7. The number of aliphatic hydroxyl groups is 4. The maximum Gasteiger partial charge on any atom is 0.331 e. The monoisotopic (exact) mass is 653 g/mol. The summed E-state index contributed by atoms with van der Waals surface area (Å²) >= 11 is 0. The summed E-state index contributed by atoms with van der Waals surface area (Å²) < 4.78 is 17.6. The van der Waals surface area contributed by atoms with Gasteiger partial charge < -0.3 is 39.7 Å². The summed E-state index contributed by atoms with van der Waals surface area (Å²) in [5.74, 6) is 0.0225. The Morgan fingerprint density at radius 2 is 1.79 bits per heavy atom. The van der Waals surface area contributed by atoms with Crippen LogP contribution in [0.15, 0.2) is 40.9 Å². The van der Waals surface area contributed by atoms with Gasteiger partial charge in [0.15, 0.2) is 6.29 Å². The van der Waals surface area contributed by atoms with Crippen molar-refractivity contribution in [1.82, 2.24) is 0 Å². The zero-order chi connectivity index (χ0) is 33.2. The molecular formula is C37H51NO9. The van der Waals surface area contributed by atoms with E-state index in [0.29, 0.717) is 58.1 Å². The van der Waals surface area contributed by atoms with Crippen LogP contribution < -0.4 is 0 Å². The van der Waals surface area contributed by atoms with E-state index in [2.05, 4.69) is 6.92 Å². The molecule has 5 N–H and O–H groups in total. The van der Waals surface area contributed by atoms with E-state index in [1.165, 1.54) is 0 Å². The minimum atomic E-state index is -1.10. The fraction of sp³-hybridized carbons (Fsp3) is 0.730. The molecule has 2 heterocycles. The number of hydrogen-bond acceptors (Lipinski definition) is 10. The predicted molar refractivity (Wildman–Crippen MR) is 173 cm³/mol. The second-order valence-corrected chi connectivity index (χ2v) is 15.6. The molecule has 0 amide bonds.